The molecule has 5 rings (SSSR count). The Morgan fingerprint density at radius 2 is 2.07 bits per heavy atom. The third-order valence-corrected chi connectivity index (χ3v) is 6.55. The van der Waals surface area contributed by atoms with Gasteiger partial charge in [0.15, 0.2) is 5.13 Å². The highest BCUT2D eigenvalue weighted by Crippen LogP contribution is 2.28. The molecule has 29 heavy (non-hydrogen) atoms. The van der Waals surface area contributed by atoms with Crippen LogP contribution in [0.2, 0.25) is 0 Å². The lowest BCUT2D eigenvalue weighted by atomic mass is 10.1. The number of fused-ring (bicyclic) bond motifs is 1. The minimum Gasteiger partial charge on any atom is -0.467 e. The van der Waals surface area contributed by atoms with Crippen LogP contribution in [0.3, 0.4) is 0 Å². The highest BCUT2D eigenvalue weighted by Gasteiger charge is 2.37. The molecule has 150 valence electrons. The number of rotatable bonds is 4. The number of anilines is 1. The molecule has 0 aliphatic carbocycles. The molecule has 0 bridgehead atoms. The standard InChI is InChI=1S/C20H21N5O3S/c26-17-11-14(12-25(17)13-15-3-2-10-28-15)19(27)23-6-8-24(9-7-23)20-22-16-4-1-5-21-18(16)29-20/h1-5,10,14H,6-9,11-13H2. The molecule has 3 aromatic rings. The van der Waals surface area contributed by atoms with Crippen molar-refractivity contribution in [2.24, 2.45) is 5.92 Å². The summed E-state index contributed by atoms with van der Waals surface area (Å²) >= 11 is 1.58. The predicted octanol–water partition coefficient (Wildman–Crippen LogP) is 1.98. The largest absolute Gasteiger partial charge is 0.467 e. The van der Waals surface area contributed by atoms with Crippen LogP contribution in [-0.2, 0) is 16.1 Å². The zero-order valence-electron chi connectivity index (χ0n) is 15.9. The summed E-state index contributed by atoms with van der Waals surface area (Å²) in [6.45, 7) is 3.65. The average Bonchev–Trinajstić information content (AvgIpc) is 3.48. The van der Waals surface area contributed by atoms with Gasteiger partial charge in [-0.05, 0) is 24.3 Å². The highest BCUT2D eigenvalue weighted by atomic mass is 32.1. The number of piperazine rings is 1. The topological polar surface area (TPSA) is 82.8 Å². The van der Waals surface area contributed by atoms with E-state index >= 15 is 0 Å². The molecule has 2 amide bonds. The fraction of sp³-hybridized carbons (Fsp3) is 0.400. The van der Waals surface area contributed by atoms with Crippen molar-refractivity contribution in [3.63, 3.8) is 0 Å². The van der Waals surface area contributed by atoms with Crippen LogP contribution in [0.1, 0.15) is 12.2 Å². The number of nitrogens with zero attached hydrogens (tertiary/aromatic N) is 5. The molecule has 2 aliphatic heterocycles. The lowest BCUT2D eigenvalue weighted by Crippen LogP contribution is -2.50. The number of carbonyl (C=O) groups excluding carboxylic acids is 2. The summed E-state index contributed by atoms with van der Waals surface area (Å²) in [4.78, 5) is 41.0. The molecule has 0 spiro atoms. The van der Waals surface area contributed by atoms with Gasteiger partial charge in [-0.15, -0.1) is 0 Å². The van der Waals surface area contributed by atoms with Gasteiger partial charge in [-0.2, -0.15) is 0 Å². The lowest BCUT2D eigenvalue weighted by molar-refractivity contribution is -0.136. The van der Waals surface area contributed by atoms with E-state index in [1.165, 1.54) is 0 Å². The first-order valence-electron chi connectivity index (χ1n) is 9.73. The van der Waals surface area contributed by atoms with Crippen LogP contribution in [0.25, 0.3) is 10.3 Å². The Bertz CT molecular complexity index is 993. The van der Waals surface area contributed by atoms with Crippen molar-refractivity contribution < 1.29 is 14.0 Å². The third-order valence-electron chi connectivity index (χ3n) is 5.51. The van der Waals surface area contributed by atoms with E-state index in [1.54, 1.807) is 34.8 Å². The van der Waals surface area contributed by atoms with Gasteiger partial charge in [0.05, 0.1) is 18.7 Å². The van der Waals surface area contributed by atoms with E-state index in [2.05, 4.69) is 14.9 Å². The highest BCUT2D eigenvalue weighted by molar-refractivity contribution is 7.21. The second kappa shape index (κ2) is 7.47. The third kappa shape index (κ3) is 3.57. The zero-order valence-corrected chi connectivity index (χ0v) is 16.7. The molecule has 5 heterocycles. The minimum absolute atomic E-state index is 0.0142. The molecule has 1 unspecified atom stereocenters. The summed E-state index contributed by atoms with van der Waals surface area (Å²) in [5.74, 6) is 0.562. The maximum absolute atomic E-state index is 13.0. The summed E-state index contributed by atoms with van der Waals surface area (Å²) in [6, 6.07) is 7.51. The Kier molecular flexibility index (Phi) is 4.67. The summed E-state index contributed by atoms with van der Waals surface area (Å²) < 4.78 is 5.33. The van der Waals surface area contributed by atoms with E-state index in [9.17, 15) is 9.59 Å². The van der Waals surface area contributed by atoms with Gasteiger partial charge < -0.3 is 19.1 Å². The van der Waals surface area contributed by atoms with Crippen molar-refractivity contribution in [1.29, 1.82) is 0 Å². The number of hydrogen-bond acceptors (Lipinski definition) is 7. The van der Waals surface area contributed by atoms with Crippen molar-refractivity contribution in [2.75, 3.05) is 37.6 Å². The van der Waals surface area contributed by atoms with E-state index in [4.69, 9.17) is 4.42 Å². The Labute approximate surface area is 171 Å². The minimum atomic E-state index is -0.268. The monoisotopic (exact) mass is 411 g/mol. The molecule has 0 N–H and O–H groups in total. The number of thiazole rings is 1. The maximum atomic E-state index is 13.0. The average molecular weight is 411 g/mol. The predicted molar refractivity (Wildman–Crippen MR) is 108 cm³/mol. The molecule has 2 aliphatic rings. The first-order valence-corrected chi connectivity index (χ1v) is 10.5. The van der Waals surface area contributed by atoms with Crippen molar-refractivity contribution in [2.45, 2.75) is 13.0 Å². The van der Waals surface area contributed by atoms with Crippen molar-refractivity contribution in [3.8, 4) is 0 Å². The fourth-order valence-corrected chi connectivity index (χ4v) is 4.91. The van der Waals surface area contributed by atoms with Crippen LogP contribution in [0.5, 0.6) is 0 Å². The fourth-order valence-electron chi connectivity index (χ4n) is 3.95. The molecule has 2 saturated heterocycles. The summed E-state index contributed by atoms with van der Waals surface area (Å²) in [6.07, 6.45) is 3.65. The Morgan fingerprint density at radius 1 is 1.21 bits per heavy atom. The smallest absolute Gasteiger partial charge is 0.228 e. The van der Waals surface area contributed by atoms with Gasteiger partial charge in [-0.25, -0.2) is 9.97 Å². The van der Waals surface area contributed by atoms with E-state index in [1.807, 2.05) is 23.1 Å². The molecular formula is C20H21N5O3S. The van der Waals surface area contributed by atoms with Crippen LogP contribution in [0.4, 0.5) is 5.13 Å². The Hall–Kier alpha value is -2.94. The van der Waals surface area contributed by atoms with Crippen LogP contribution < -0.4 is 4.90 Å². The summed E-state index contributed by atoms with van der Waals surface area (Å²) in [5, 5.41) is 0.950. The van der Waals surface area contributed by atoms with Gasteiger partial charge in [0.1, 0.15) is 16.1 Å². The molecular weight excluding hydrogens is 390 g/mol. The Balaban J connectivity index is 1.18. The number of pyridine rings is 1. The number of carbonyl (C=O) groups is 2. The van der Waals surface area contributed by atoms with Crippen LogP contribution in [0, 0.1) is 5.92 Å². The van der Waals surface area contributed by atoms with Gasteiger partial charge >= 0.3 is 0 Å². The maximum Gasteiger partial charge on any atom is 0.228 e. The lowest BCUT2D eigenvalue weighted by Gasteiger charge is -2.35. The molecule has 3 aromatic heterocycles. The first kappa shape index (κ1) is 18.1. The second-order valence-corrected chi connectivity index (χ2v) is 8.35. The molecule has 8 nitrogen and oxygen atoms in total. The van der Waals surface area contributed by atoms with Crippen LogP contribution in [-0.4, -0.2) is 64.3 Å². The molecule has 0 radical (unpaired) electrons. The normalized spacial score (nSPS) is 20.1. The van der Waals surface area contributed by atoms with Crippen molar-refractivity contribution in [1.82, 2.24) is 19.8 Å². The molecule has 0 saturated carbocycles. The van der Waals surface area contributed by atoms with E-state index in [-0.39, 0.29) is 24.2 Å². The number of amides is 2. The van der Waals surface area contributed by atoms with Gasteiger partial charge in [-0.3, -0.25) is 9.59 Å². The second-order valence-electron chi connectivity index (χ2n) is 7.39. The molecule has 9 heteroatoms. The van der Waals surface area contributed by atoms with Gasteiger partial charge in [0.25, 0.3) is 0 Å². The zero-order chi connectivity index (χ0) is 19.8. The number of furan rings is 1. The van der Waals surface area contributed by atoms with E-state index in [0.29, 0.717) is 26.2 Å². The van der Waals surface area contributed by atoms with Crippen LogP contribution in [0.15, 0.2) is 41.1 Å². The Morgan fingerprint density at radius 3 is 2.83 bits per heavy atom. The van der Waals surface area contributed by atoms with E-state index < -0.39 is 0 Å². The number of hydrogen-bond donors (Lipinski definition) is 0. The first-order chi connectivity index (χ1) is 14.2. The van der Waals surface area contributed by atoms with Gasteiger partial charge in [-0.1, -0.05) is 11.3 Å². The summed E-state index contributed by atoms with van der Waals surface area (Å²) in [7, 11) is 0. The molecule has 2 fully saturated rings. The van der Waals surface area contributed by atoms with Crippen molar-refractivity contribution in [3.05, 3.63) is 42.5 Å². The summed E-state index contributed by atoms with van der Waals surface area (Å²) in [5.41, 5.74) is 0.909. The van der Waals surface area contributed by atoms with E-state index in [0.717, 1.165) is 34.3 Å². The SMILES string of the molecule is O=C1CC(C(=O)N2CCN(c3nc4cccnc4s3)CC2)CN1Cc1ccco1. The number of aromatic nitrogens is 2. The van der Waals surface area contributed by atoms with Crippen molar-refractivity contribution >= 4 is 38.6 Å². The van der Waals surface area contributed by atoms with Gasteiger partial charge in [0, 0.05) is 45.3 Å². The number of likely N-dealkylation sites (tertiary alicyclic amines) is 1. The van der Waals surface area contributed by atoms with Crippen LogP contribution >= 0.6 is 11.3 Å². The quantitative estimate of drug-likeness (QED) is 0.653. The molecule has 0 aromatic carbocycles. The molecule has 1 atom stereocenters. The van der Waals surface area contributed by atoms with Gasteiger partial charge in [0.2, 0.25) is 11.8 Å².